The summed E-state index contributed by atoms with van der Waals surface area (Å²) in [6.07, 6.45) is 0.690. The third-order valence-electron chi connectivity index (χ3n) is 2.89. The van der Waals surface area contributed by atoms with E-state index in [1.807, 2.05) is 0 Å². The summed E-state index contributed by atoms with van der Waals surface area (Å²) in [5, 5.41) is 0. The lowest BCUT2D eigenvalue weighted by molar-refractivity contribution is -0.119. The van der Waals surface area contributed by atoms with Gasteiger partial charge in [-0.2, -0.15) is 0 Å². The van der Waals surface area contributed by atoms with Crippen molar-refractivity contribution < 1.29 is 18.4 Å². The van der Waals surface area contributed by atoms with Gasteiger partial charge < -0.3 is 10.6 Å². The Bertz CT molecular complexity index is 469. The number of carbonyl (C=O) groups excluding carboxylic acids is 2. The first-order valence-electron chi connectivity index (χ1n) is 5.96. The highest BCUT2D eigenvalue weighted by molar-refractivity contribution is 5.84. The van der Waals surface area contributed by atoms with E-state index in [1.165, 1.54) is 4.90 Å². The summed E-state index contributed by atoms with van der Waals surface area (Å²) in [5.41, 5.74) is 4.81. The number of primary amides is 1. The zero-order valence-corrected chi connectivity index (χ0v) is 10.8. The molecule has 2 N–H and O–H groups in total. The molecule has 104 valence electrons. The summed E-state index contributed by atoms with van der Waals surface area (Å²) < 4.78 is 27.8. The van der Waals surface area contributed by atoms with Crippen molar-refractivity contribution >= 4 is 17.9 Å². The zero-order chi connectivity index (χ0) is 14.6. The molecule has 1 atom stereocenters. The van der Waals surface area contributed by atoms with Crippen molar-refractivity contribution in [1.82, 2.24) is 0 Å². The summed E-state index contributed by atoms with van der Waals surface area (Å²) in [4.78, 5) is 23.1. The van der Waals surface area contributed by atoms with Gasteiger partial charge >= 0.3 is 0 Å². The molecule has 0 aromatic heterocycles. The van der Waals surface area contributed by atoms with Gasteiger partial charge in [0, 0.05) is 12.1 Å². The maximum Gasteiger partial charge on any atom is 0.240 e. The predicted octanol–water partition coefficient (Wildman–Crippen LogP) is 1.87. The molecule has 0 saturated heterocycles. The monoisotopic (exact) mass is 270 g/mol. The van der Waals surface area contributed by atoms with E-state index in [2.05, 4.69) is 0 Å². The molecule has 1 amide bonds. The van der Waals surface area contributed by atoms with Crippen molar-refractivity contribution in [3.05, 3.63) is 29.3 Å². The maximum atomic E-state index is 13.9. The number of benzene rings is 1. The lowest BCUT2D eigenvalue weighted by atomic mass is 10.1. The van der Waals surface area contributed by atoms with Crippen LogP contribution in [-0.4, -0.2) is 24.8 Å². The maximum absolute atomic E-state index is 13.9. The first kappa shape index (κ1) is 15.1. The predicted molar refractivity (Wildman–Crippen MR) is 68.0 cm³/mol. The number of nitrogens with two attached hydrogens (primary N) is 1. The minimum Gasteiger partial charge on any atom is -0.368 e. The summed E-state index contributed by atoms with van der Waals surface area (Å²) in [6, 6.07) is 1.07. The Morgan fingerprint density at radius 1 is 1.37 bits per heavy atom. The van der Waals surface area contributed by atoms with Crippen LogP contribution in [0, 0.1) is 11.6 Å². The number of likely N-dealkylation sites (N-methyl/N-ethyl adjacent to an activating group) is 1. The Morgan fingerprint density at radius 3 is 2.21 bits per heavy atom. The molecule has 4 nitrogen and oxygen atoms in total. The molecule has 0 heterocycles. The van der Waals surface area contributed by atoms with Crippen molar-refractivity contribution in [2.75, 3.05) is 11.4 Å². The van der Waals surface area contributed by atoms with Crippen molar-refractivity contribution in [1.29, 1.82) is 0 Å². The van der Waals surface area contributed by atoms with E-state index < -0.39 is 23.6 Å². The number of hydrogen-bond donors (Lipinski definition) is 1. The molecule has 0 spiro atoms. The number of halogens is 2. The van der Waals surface area contributed by atoms with Crippen LogP contribution < -0.4 is 10.6 Å². The Hall–Kier alpha value is -1.98. The highest BCUT2D eigenvalue weighted by atomic mass is 19.1. The van der Waals surface area contributed by atoms with E-state index in [1.54, 1.807) is 13.8 Å². The molecule has 1 rings (SSSR count). The number of anilines is 1. The number of nitrogens with zero attached hydrogens (tertiary/aromatic N) is 1. The zero-order valence-electron chi connectivity index (χ0n) is 10.8. The number of rotatable bonds is 6. The first-order valence-corrected chi connectivity index (χ1v) is 5.96. The van der Waals surface area contributed by atoms with Gasteiger partial charge in [0.2, 0.25) is 5.91 Å². The standard InChI is InChI=1S/C13H16F2N2O2/c1-3-11(13(16)19)17(4-2)12-9(14)5-8(7-18)6-10(12)15/h5-7,11H,3-4H2,1-2H3,(H2,16,19). The van der Waals surface area contributed by atoms with Gasteiger partial charge in [-0.1, -0.05) is 6.92 Å². The quantitative estimate of drug-likeness (QED) is 0.803. The van der Waals surface area contributed by atoms with Gasteiger partial charge in [0.05, 0.1) is 0 Å². The Morgan fingerprint density at radius 2 is 1.89 bits per heavy atom. The van der Waals surface area contributed by atoms with Crippen LogP contribution in [0.5, 0.6) is 0 Å². The van der Waals surface area contributed by atoms with Gasteiger partial charge in [-0.15, -0.1) is 0 Å². The van der Waals surface area contributed by atoms with Crippen molar-refractivity contribution in [2.45, 2.75) is 26.3 Å². The van der Waals surface area contributed by atoms with E-state index in [0.29, 0.717) is 12.7 Å². The van der Waals surface area contributed by atoms with E-state index in [-0.39, 0.29) is 17.8 Å². The number of amides is 1. The molecule has 1 unspecified atom stereocenters. The first-order chi connectivity index (χ1) is 8.96. The summed E-state index contributed by atoms with van der Waals surface area (Å²) in [7, 11) is 0. The molecule has 0 bridgehead atoms. The van der Waals surface area contributed by atoms with Gasteiger partial charge in [0.25, 0.3) is 0 Å². The fraction of sp³-hybridized carbons (Fsp3) is 0.385. The molecule has 19 heavy (non-hydrogen) atoms. The smallest absolute Gasteiger partial charge is 0.240 e. The summed E-state index contributed by atoms with van der Waals surface area (Å²) in [5.74, 6) is -2.42. The average Bonchev–Trinajstić information content (AvgIpc) is 2.36. The Balaban J connectivity index is 3.32. The Labute approximate surface area is 110 Å². The SMILES string of the molecule is CCC(C(N)=O)N(CC)c1c(F)cc(C=O)cc1F. The number of aldehydes is 1. The van der Waals surface area contributed by atoms with Crippen LogP contribution in [0.1, 0.15) is 30.6 Å². The lowest BCUT2D eigenvalue weighted by Gasteiger charge is -2.30. The van der Waals surface area contributed by atoms with E-state index in [0.717, 1.165) is 12.1 Å². The molecular formula is C13H16F2N2O2. The highest BCUT2D eigenvalue weighted by Gasteiger charge is 2.26. The second-order valence-electron chi connectivity index (χ2n) is 4.06. The fourth-order valence-corrected chi connectivity index (χ4v) is 2.04. The number of carbonyl (C=O) groups is 2. The van der Waals surface area contributed by atoms with Crippen LogP contribution in [0.15, 0.2) is 12.1 Å². The van der Waals surface area contributed by atoms with Crippen molar-refractivity contribution in [3.8, 4) is 0 Å². The molecule has 0 fully saturated rings. The largest absolute Gasteiger partial charge is 0.368 e. The number of hydrogen-bond acceptors (Lipinski definition) is 3. The lowest BCUT2D eigenvalue weighted by Crippen LogP contribution is -2.45. The highest BCUT2D eigenvalue weighted by Crippen LogP contribution is 2.27. The van der Waals surface area contributed by atoms with Crippen LogP contribution in [0.2, 0.25) is 0 Å². The fourth-order valence-electron chi connectivity index (χ4n) is 2.04. The summed E-state index contributed by atoms with van der Waals surface area (Å²) >= 11 is 0. The van der Waals surface area contributed by atoms with Gasteiger partial charge in [-0.05, 0) is 25.5 Å². The molecule has 1 aromatic rings. The van der Waals surface area contributed by atoms with Gasteiger partial charge in [-0.25, -0.2) is 8.78 Å². The molecule has 0 aliphatic rings. The van der Waals surface area contributed by atoms with Crippen LogP contribution in [0.4, 0.5) is 14.5 Å². The van der Waals surface area contributed by atoms with Gasteiger partial charge in [-0.3, -0.25) is 9.59 Å². The second kappa shape index (κ2) is 6.26. The van der Waals surface area contributed by atoms with Crippen LogP contribution in [0.25, 0.3) is 0 Å². The van der Waals surface area contributed by atoms with Crippen molar-refractivity contribution in [2.24, 2.45) is 5.73 Å². The topological polar surface area (TPSA) is 63.4 Å². The second-order valence-corrected chi connectivity index (χ2v) is 4.06. The molecule has 0 radical (unpaired) electrons. The molecule has 0 aliphatic carbocycles. The van der Waals surface area contributed by atoms with E-state index in [9.17, 15) is 18.4 Å². The molecule has 0 aliphatic heterocycles. The van der Waals surface area contributed by atoms with E-state index in [4.69, 9.17) is 5.73 Å². The van der Waals surface area contributed by atoms with E-state index >= 15 is 0 Å². The van der Waals surface area contributed by atoms with Gasteiger partial charge in [0.15, 0.2) is 0 Å². The van der Waals surface area contributed by atoms with Crippen LogP contribution in [-0.2, 0) is 4.79 Å². The van der Waals surface area contributed by atoms with Gasteiger partial charge in [0.1, 0.15) is 29.6 Å². The third-order valence-corrected chi connectivity index (χ3v) is 2.89. The third kappa shape index (κ3) is 3.07. The average molecular weight is 270 g/mol. The Kier molecular flexibility index (Phi) is 4.97. The molecule has 1 aromatic carbocycles. The minimum atomic E-state index is -0.886. The molecule has 6 heteroatoms. The normalized spacial score (nSPS) is 12.0. The summed E-state index contributed by atoms with van der Waals surface area (Å²) in [6.45, 7) is 3.58. The molecular weight excluding hydrogens is 254 g/mol. The van der Waals surface area contributed by atoms with Crippen LogP contribution in [0.3, 0.4) is 0 Å². The van der Waals surface area contributed by atoms with Crippen molar-refractivity contribution in [3.63, 3.8) is 0 Å². The van der Waals surface area contributed by atoms with Crippen LogP contribution >= 0.6 is 0 Å². The minimum absolute atomic E-state index is 0.0954. The molecule has 0 saturated carbocycles.